The topological polar surface area (TPSA) is 97.0 Å². The molecule has 6 nitrogen and oxygen atoms in total. The molecular formula is C18H21F2N5OS2. The Morgan fingerprint density at radius 2 is 2.04 bits per heavy atom. The molecule has 3 aromatic rings. The molecule has 0 saturated heterocycles. The summed E-state index contributed by atoms with van der Waals surface area (Å²) in [4.78, 5) is 13.1. The van der Waals surface area contributed by atoms with E-state index in [1.54, 1.807) is 0 Å². The van der Waals surface area contributed by atoms with Crippen LogP contribution in [0.1, 0.15) is 25.8 Å². The minimum Gasteiger partial charge on any atom is -0.394 e. The molecule has 2 heterocycles. The molecule has 4 N–H and O–H groups in total. The summed E-state index contributed by atoms with van der Waals surface area (Å²) in [7, 11) is 0. The lowest BCUT2D eigenvalue weighted by Crippen LogP contribution is -2.26. The number of fused-ring (bicyclic) bond motifs is 1. The first-order valence-corrected chi connectivity index (χ1v) is 10.5. The van der Waals surface area contributed by atoms with Gasteiger partial charge in [0.05, 0.1) is 12.6 Å². The summed E-state index contributed by atoms with van der Waals surface area (Å²) in [6, 6.07) is 3.30. The fraction of sp³-hybridized carbons (Fsp3) is 0.389. The SMILES string of the molecule is CC(C)CC(CO)Nc1nc(SCc2ccc(F)cc2F)nc2nc(N)sc12. The Kier molecular flexibility index (Phi) is 6.63. The number of thiazole rings is 1. The zero-order valence-electron chi connectivity index (χ0n) is 15.4. The first kappa shape index (κ1) is 20.7. The van der Waals surface area contributed by atoms with Crippen molar-refractivity contribution in [2.75, 3.05) is 17.7 Å². The van der Waals surface area contributed by atoms with Crippen molar-refractivity contribution in [3.63, 3.8) is 0 Å². The summed E-state index contributed by atoms with van der Waals surface area (Å²) < 4.78 is 27.6. The van der Waals surface area contributed by atoms with Gasteiger partial charge in [0.25, 0.3) is 0 Å². The second-order valence-corrected chi connectivity index (χ2v) is 8.71. The summed E-state index contributed by atoms with van der Waals surface area (Å²) in [5.74, 6) is -0.0491. The van der Waals surface area contributed by atoms with Gasteiger partial charge in [0.1, 0.15) is 16.3 Å². The number of aliphatic hydroxyl groups is 1. The fourth-order valence-electron chi connectivity index (χ4n) is 2.71. The third kappa shape index (κ3) is 5.06. The molecule has 0 radical (unpaired) electrons. The summed E-state index contributed by atoms with van der Waals surface area (Å²) in [5, 5.41) is 13.7. The van der Waals surface area contributed by atoms with Gasteiger partial charge in [0.15, 0.2) is 21.8 Å². The Morgan fingerprint density at radius 3 is 2.71 bits per heavy atom. The van der Waals surface area contributed by atoms with Gasteiger partial charge < -0.3 is 16.2 Å². The third-order valence-electron chi connectivity index (χ3n) is 3.94. The van der Waals surface area contributed by atoms with Crippen LogP contribution in [0.15, 0.2) is 23.4 Å². The van der Waals surface area contributed by atoms with E-state index in [0.29, 0.717) is 37.9 Å². The average Bonchev–Trinajstić information content (AvgIpc) is 3.00. The number of nitrogens with two attached hydrogens (primary N) is 1. The van der Waals surface area contributed by atoms with Crippen LogP contribution in [0.4, 0.5) is 19.7 Å². The molecule has 3 rings (SSSR count). The number of hydrogen-bond donors (Lipinski definition) is 3. The highest BCUT2D eigenvalue weighted by molar-refractivity contribution is 7.98. The number of hydrogen-bond acceptors (Lipinski definition) is 8. The maximum atomic E-state index is 13.9. The minimum atomic E-state index is -0.617. The molecule has 0 spiro atoms. The van der Waals surface area contributed by atoms with Crippen LogP contribution in [-0.4, -0.2) is 32.7 Å². The summed E-state index contributed by atoms with van der Waals surface area (Å²) in [6.07, 6.45) is 0.763. The molecule has 0 aliphatic rings. The van der Waals surface area contributed by atoms with Gasteiger partial charge in [-0.1, -0.05) is 43.0 Å². The van der Waals surface area contributed by atoms with Gasteiger partial charge in [0.2, 0.25) is 0 Å². The smallest absolute Gasteiger partial charge is 0.191 e. The number of nitrogens with one attached hydrogen (secondary N) is 1. The molecule has 28 heavy (non-hydrogen) atoms. The fourth-order valence-corrected chi connectivity index (χ4v) is 4.26. The van der Waals surface area contributed by atoms with Crippen LogP contribution >= 0.6 is 23.1 Å². The number of rotatable bonds is 8. The molecular weight excluding hydrogens is 404 g/mol. The maximum absolute atomic E-state index is 13.9. The van der Waals surface area contributed by atoms with E-state index >= 15 is 0 Å². The number of nitrogens with zero attached hydrogens (tertiary/aromatic N) is 3. The molecule has 0 bridgehead atoms. The van der Waals surface area contributed by atoms with E-state index in [1.165, 1.54) is 35.2 Å². The Balaban J connectivity index is 1.86. The Morgan fingerprint density at radius 1 is 1.25 bits per heavy atom. The molecule has 0 fully saturated rings. The number of benzene rings is 1. The van der Waals surface area contributed by atoms with Crippen molar-refractivity contribution < 1.29 is 13.9 Å². The van der Waals surface area contributed by atoms with Gasteiger partial charge in [-0.3, -0.25) is 0 Å². The van der Waals surface area contributed by atoms with Gasteiger partial charge in [0, 0.05) is 11.8 Å². The van der Waals surface area contributed by atoms with Crippen LogP contribution in [0, 0.1) is 17.6 Å². The van der Waals surface area contributed by atoms with Crippen molar-refractivity contribution in [1.82, 2.24) is 15.0 Å². The lowest BCUT2D eigenvalue weighted by molar-refractivity contribution is 0.259. The van der Waals surface area contributed by atoms with Crippen LogP contribution in [0.5, 0.6) is 0 Å². The Labute approximate surface area is 169 Å². The van der Waals surface area contributed by atoms with Gasteiger partial charge in [-0.25, -0.2) is 23.7 Å². The van der Waals surface area contributed by atoms with Crippen LogP contribution < -0.4 is 11.1 Å². The monoisotopic (exact) mass is 425 g/mol. The summed E-state index contributed by atoms with van der Waals surface area (Å²) in [6.45, 7) is 4.10. The highest BCUT2D eigenvalue weighted by Gasteiger charge is 2.17. The van der Waals surface area contributed by atoms with Crippen molar-refractivity contribution in [2.45, 2.75) is 37.2 Å². The maximum Gasteiger partial charge on any atom is 0.191 e. The summed E-state index contributed by atoms with van der Waals surface area (Å²) >= 11 is 2.48. The van der Waals surface area contributed by atoms with Crippen molar-refractivity contribution in [3.8, 4) is 0 Å². The van der Waals surface area contributed by atoms with Crippen LogP contribution in [0.3, 0.4) is 0 Å². The quantitative estimate of drug-likeness (QED) is 0.370. The van der Waals surface area contributed by atoms with Crippen LogP contribution in [0.2, 0.25) is 0 Å². The standard InChI is InChI=1S/C18H21F2N5OS2/c1-9(2)5-12(7-26)22-15-14-16(23-17(21)28-14)25-18(24-15)27-8-10-3-4-11(19)6-13(10)20/h3-4,6,9,12,26H,5,7-8H2,1-2H3,(H3,21,22,23,24,25). The number of aromatic nitrogens is 3. The zero-order chi connectivity index (χ0) is 20.3. The van der Waals surface area contributed by atoms with E-state index in [4.69, 9.17) is 5.73 Å². The minimum absolute atomic E-state index is 0.0404. The molecule has 0 amide bonds. The van der Waals surface area contributed by atoms with E-state index in [2.05, 4.69) is 34.1 Å². The zero-order valence-corrected chi connectivity index (χ0v) is 17.1. The normalized spacial score (nSPS) is 12.6. The van der Waals surface area contributed by atoms with Gasteiger partial charge >= 0.3 is 0 Å². The molecule has 10 heteroatoms. The van der Waals surface area contributed by atoms with Gasteiger partial charge in [-0.05, 0) is 24.0 Å². The molecule has 1 aromatic carbocycles. The Bertz CT molecular complexity index is 967. The van der Waals surface area contributed by atoms with E-state index in [0.717, 1.165) is 12.5 Å². The van der Waals surface area contributed by atoms with Crippen molar-refractivity contribution in [1.29, 1.82) is 0 Å². The Hall–Kier alpha value is -2.04. The van der Waals surface area contributed by atoms with Gasteiger partial charge in [-0.15, -0.1) is 0 Å². The predicted molar refractivity (Wildman–Crippen MR) is 109 cm³/mol. The molecule has 150 valence electrons. The number of aliphatic hydroxyl groups excluding tert-OH is 1. The molecule has 1 unspecified atom stereocenters. The number of thioether (sulfide) groups is 1. The predicted octanol–water partition coefficient (Wildman–Crippen LogP) is 4.06. The molecule has 0 aliphatic heterocycles. The van der Waals surface area contributed by atoms with Crippen molar-refractivity contribution >= 4 is 44.4 Å². The number of anilines is 2. The number of halogens is 2. The molecule has 1 atom stereocenters. The second-order valence-electron chi connectivity index (χ2n) is 6.74. The lowest BCUT2D eigenvalue weighted by atomic mass is 10.0. The summed E-state index contributed by atoms with van der Waals surface area (Å²) in [5.41, 5.74) is 6.63. The van der Waals surface area contributed by atoms with Gasteiger partial charge in [-0.2, -0.15) is 0 Å². The van der Waals surface area contributed by atoms with E-state index in [1.807, 2.05) is 0 Å². The first-order chi connectivity index (χ1) is 13.4. The molecule has 0 saturated carbocycles. The van der Waals surface area contributed by atoms with Crippen LogP contribution in [0.25, 0.3) is 10.3 Å². The van der Waals surface area contributed by atoms with E-state index < -0.39 is 11.6 Å². The second kappa shape index (κ2) is 8.97. The largest absolute Gasteiger partial charge is 0.394 e. The molecule has 2 aromatic heterocycles. The third-order valence-corrected chi connectivity index (χ3v) is 5.72. The lowest BCUT2D eigenvalue weighted by Gasteiger charge is -2.19. The number of nitrogen functional groups attached to an aromatic ring is 1. The van der Waals surface area contributed by atoms with Crippen molar-refractivity contribution in [2.24, 2.45) is 5.92 Å². The first-order valence-electron chi connectivity index (χ1n) is 8.74. The van der Waals surface area contributed by atoms with E-state index in [9.17, 15) is 13.9 Å². The average molecular weight is 426 g/mol. The van der Waals surface area contributed by atoms with Crippen LogP contribution in [-0.2, 0) is 5.75 Å². The van der Waals surface area contributed by atoms with Crippen molar-refractivity contribution in [3.05, 3.63) is 35.4 Å². The highest BCUT2D eigenvalue weighted by Crippen LogP contribution is 2.32. The highest BCUT2D eigenvalue weighted by atomic mass is 32.2. The molecule has 0 aliphatic carbocycles. The van der Waals surface area contributed by atoms with E-state index in [-0.39, 0.29) is 18.4 Å².